The maximum absolute atomic E-state index is 5.69. The van der Waals surface area contributed by atoms with Gasteiger partial charge in [-0.15, -0.1) is 0 Å². The third kappa shape index (κ3) is 1.45. The standard InChI is InChI=1S/C7H11N3/c1-2-3-7(8)10-5-4-9-6-10/h2-7H,8H2,1H3. The van der Waals surface area contributed by atoms with Crippen LogP contribution in [0.2, 0.25) is 0 Å². The van der Waals surface area contributed by atoms with Crippen LogP contribution in [0.3, 0.4) is 0 Å². The zero-order chi connectivity index (χ0) is 7.40. The highest BCUT2D eigenvalue weighted by molar-refractivity contribution is 4.90. The molecule has 1 aromatic heterocycles. The van der Waals surface area contributed by atoms with Gasteiger partial charge < -0.3 is 10.3 Å². The Bertz CT molecular complexity index is 201. The number of aromatic nitrogens is 2. The molecule has 1 rings (SSSR count). The number of imidazole rings is 1. The molecule has 1 unspecified atom stereocenters. The third-order valence-corrected chi connectivity index (χ3v) is 1.26. The molecule has 0 amide bonds. The molecule has 0 radical (unpaired) electrons. The van der Waals surface area contributed by atoms with E-state index in [0.717, 1.165) is 0 Å². The van der Waals surface area contributed by atoms with Gasteiger partial charge in [0.25, 0.3) is 0 Å². The Balaban J connectivity index is 2.67. The summed E-state index contributed by atoms with van der Waals surface area (Å²) in [5.41, 5.74) is 5.69. The van der Waals surface area contributed by atoms with Gasteiger partial charge in [0.05, 0.1) is 6.33 Å². The fourth-order valence-corrected chi connectivity index (χ4v) is 0.742. The molecule has 10 heavy (non-hydrogen) atoms. The molecule has 0 aliphatic heterocycles. The highest BCUT2D eigenvalue weighted by atomic mass is 15.1. The van der Waals surface area contributed by atoms with E-state index in [0.29, 0.717) is 0 Å². The quantitative estimate of drug-likeness (QED) is 0.616. The van der Waals surface area contributed by atoms with Crippen molar-refractivity contribution >= 4 is 0 Å². The Hall–Kier alpha value is -1.09. The largest absolute Gasteiger partial charge is 0.318 e. The number of nitrogens with two attached hydrogens (primary N) is 1. The van der Waals surface area contributed by atoms with Crippen molar-refractivity contribution in [3.63, 3.8) is 0 Å². The second-order valence-electron chi connectivity index (χ2n) is 2.03. The summed E-state index contributed by atoms with van der Waals surface area (Å²) in [7, 11) is 0. The molecule has 0 bridgehead atoms. The number of hydrogen-bond acceptors (Lipinski definition) is 2. The van der Waals surface area contributed by atoms with Crippen LogP contribution in [0.4, 0.5) is 0 Å². The van der Waals surface area contributed by atoms with Crippen LogP contribution < -0.4 is 5.73 Å². The van der Waals surface area contributed by atoms with E-state index in [1.807, 2.05) is 29.8 Å². The maximum Gasteiger partial charge on any atom is 0.101 e. The first-order valence-corrected chi connectivity index (χ1v) is 3.20. The second-order valence-corrected chi connectivity index (χ2v) is 2.03. The molecular weight excluding hydrogens is 126 g/mol. The van der Waals surface area contributed by atoms with Gasteiger partial charge in [0.15, 0.2) is 0 Å². The van der Waals surface area contributed by atoms with Crippen molar-refractivity contribution in [3.05, 3.63) is 30.9 Å². The van der Waals surface area contributed by atoms with Crippen LogP contribution in [0.1, 0.15) is 13.1 Å². The van der Waals surface area contributed by atoms with E-state index in [4.69, 9.17) is 5.73 Å². The summed E-state index contributed by atoms with van der Waals surface area (Å²) in [6.45, 7) is 1.94. The molecule has 0 spiro atoms. The predicted molar refractivity (Wildman–Crippen MR) is 40.3 cm³/mol. The van der Waals surface area contributed by atoms with Crippen molar-refractivity contribution in [1.29, 1.82) is 0 Å². The van der Waals surface area contributed by atoms with Gasteiger partial charge in [-0.05, 0) is 6.92 Å². The van der Waals surface area contributed by atoms with Gasteiger partial charge in [0.2, 0.25) is 0 Å². The van der Waals surface area contributed by atoms with Gasteiger partial charge in [0, 0.05) is 12.4 Å². The maximum atomic E-state index is 5.69. The normalized spacial score (nSPS) is 14.2. The summed E-state index contributed by atoms with van der Waals surface area (Å²) in [4.78, 5) is 3.87. The van der Waals surface area contributed by atoms with Crippen molar-refractivity contribution < 1.29 is 0 Å². The molecule has 3 heteroatoms. The molecule has 0 fully saturated rings. The molecule has 2 N–H and O–H groups in total. The van der Waals surface area contributed by atoms with Crippen molar-refractivity contribution in [3.8, 4) is 0 Å². The van der Waals surface area contributed by atoms with Gasteiger partial charge in [-0.2, -0.15) is 0 Å². The molecule has 3 nitrogen and oxygen atoms in total. The molecule has 1 aromatic rings. The zero-order valence-electron chi connectivity index (χ0n) is 5.94. The molecule has 1 atom stereocenters. The van der Waals surface area contributed by atoms with Crippen molar-refractivity contribution in [2.75, 3.05) is 0 Å². The Kier molecular flexibility index (Phi) is 2.23. The summed E-state index contributed by atoms with van der Waals surface area (Å²) in [6.07, 6.45) is 9.00. The molecule has 0 aliphatic carbocycles. The van der Waals surface area contributed by atoms with E-state index in [2.05, 4.69) is 4.98 Å². The molecule has 1 heterocycles. The minimum absolute atomic E-state index is 0.0764. The SMILES string of the molecule is CC=CC(N)n1ccnc1. The lowest BCUT2D eigenvalue weighted by atomic mass is 10.4. The van der Waals surface area contributed by atoms with Crippen LogP contribution in [0.25, 0.3) is 0 Å². The van der Waals surface area contributed by atoms with E-state index in [-0.39, 0.29) is 6.17 Å². The average molecular weight is 137 g/mol. The lowest BCUT2D eigenvalue weighted by Gasteiger charge is -2.05. The number of rotatable bonds is 2. The first-order chi connectivity index (χ1) is 4.84. The highest BCUT2D eigenvalue weighted by Crippen LogP contribution is 1.97. The zero-order valence-corrected chi connectivity index (χ0v) is 5.94. The molecule has 54 valence electrons. The minimum atomic E-state index is -0.0764. The molecule has 0 saturated heterocycles. The van der Waals surface area contributed by atoms with E-state index >= 15 is 0 Å². The first kappa shape index (κ1) is 7.02. The van der Waals surface area contributed by atoms with E-state index in [1.165, 1.54) is 0 Å². The summed E-state index contributed by atoms with van der Waals surface area (Å²) in [6, 6.07) is 0. The van der Waals surface area contributed by atoms with E-state index in [1.54, 1.807) is 12.5 Å². The van der Waals surface area contributed by atoms with Gasteiger partial charge >= 0.3 is 0 Å². The fraction of sp³-hybridized carbons (Fsp3) is 0.286. The Morgan fingerprint density at radius 3 is 3.00 bits per heavy atom. The van der Waals surface area contributed by atoms with Gasteiger partial charge in [-0.1, -0.05) is 12.2 Å². The Morgan fingerprint density at radius 1 is 1.70 bits per heavy atom. The molecule has 0 saturated carbocycles. The van der Waals surface area contributed by atoms with Crippen LogP contribution in [-0.2, 0) is 0 Å². The Morgan fingerprint density at radius 2 is 2.50 bits per heavy atom. The van der Waals surface area contributed by atoms with E-state index in [9.17, 15) is 0 Å². The van der Waals surface area contributed by atoms with Crippen LogP contribution in [0, 0.1) is 0 Å². The molecular formula is C7H11N3. The third-order valence-electron chi connectivity index (χ3n) is 1.26. The lowest BCUT2D eigenvalue weighted by molar-refractivity contribution is 0.629. The monoisotopic (exact) mass is 137 g/mol. The van der Waals surface area contributed by atoms with Crippen LogP contribution >= 0.6 is 0 Å². The number of nitrogens with zero attached hydrogens (tertiary/aromatic N) is 2. The first-order valence-electron chi connectivity index (χ1n) is 3.20. The molecule has 0 aliphatic rings. The Labute approximate surface area is 60.2 Å². The topological polar surface area (TPSA) is 43.8 Å². The lowest BCUT2D eigenvalue weighted by Crippen LogP contribution is -2.13. The number of hydrogen-bond donors (Lipinski definition) is 1. The minimum Gasteiger partial charge on any atom is -0.318 e. The van der Waals surface area contributed by atoms with Crippen LogP contribution in [-0.4, -0.2) is 9.55 Å². The van der Waals surface area contributed by atoms with Crippen LogP contribution in [0.15, 0.2) is 30.9 Å². The fourth-order valence-electron chi connectivity index (χ4n) is 0.742. The van der Waals surface area contributed by atoms with Gasteiger partial charge in [-0.25, -0.2) is 4.98 Å². The van der Waals surface area contributed by atoms with Gasteiger partial charge in [-0.3, -0.25) is 0 Å². The smallest absolute Gasteiger partial charge is 0.101 e. The highest BCUT2D eigenvalue weighted by Gasteiger charge is 1.95. The summed E-state index contributed by atoms with van der Waals surface area (Å²) in [5, 5.41) is 0. The van der Waals surface area contributed by atoms with Gasteiger partial charge in [0.1, 0.15) is 6.17 Å². The average Bonchev–Trinajstić information content (AvgIpc) is 2.38. The predicted octanol–water partition coefficient (Wildman–Crippen LogP) is 0.917. The van der Waals surface area contributed by atoms with Crippen molar-refractivity contribution in [2.24, 2.45) is 5.73 Å². The second kappa shape index (κ2) is 3.17. The molecule has 0 aromatic carbocycles. The van der Waals surface area contributed by atoms with E-state index < -0.39 is 0 Å². The summed E-state index contributed by atoms with van der Waals surface area (Å²) >= 11 is 0. The number of allylic oxidation sites excluding steroid dienone is 1. The van der Waals surface area contributed by atoms with Crippen molar-refractivity contribution in [2.45, 2.75) is 13.1 Å². The summed E-state index contributed by atoms with van der Waals surface area (Å²) < 4.78 is 1.83. The van der Waals surface area contributed by atoms with Crippen LogP contribution in [0.5, 0.6) is 0 Å². The van der Waals surface area contributed by atoms with Crippen molar-refractivity contribution in [1.82, 2.24) is 9.55 Å². The summed E-state index contributed by atoms with van der Waals surface area (Å²) in [5.74, 6) is 0.